The Morgan fingerprint density at radius 2 is 1.69 bits per heavy atom. The number of rotatable bonds is 8. The second kappa shape index (κ2) is 10.4. The van der Waals surface area contributed by atoms with E-state index >= 15 is 0 Å². The molecule has 3 atom stereocenters. The first-order valence-electron chi connectivity index (χ1n) is 10.5. The fourth-order valence-electron chi connectivity index (χ4n) is 3.74. The van der Waals surface area contributed by atoms with E-state index in [1.165, 1.54) is 0 Å². The van der Waals surface area contributed by atoms with Gasteiger partial charge in [-0.25, -0.2) is 0 Å². The summed E-state index contributed by atoms with van der Waals surface area (Å²) in [5.41, 5.74) is 2.29. The quantitative estimate of drug-likeness (QED) is 0.691. The van der Waals surface area contributed by atoms with E-state index in [0.29, 0.717) is 12.3 Å². The summed E-state index contributed by atoms with van der Waals surface area (Å²) in [6.45, 7) is 9.53. The minimum atomic E-state index is -0.527. The van der Waals surface area contributed by atoms with Crippen molar-refractivity contribution < 1.29 is 14.3 Å². The van der Waals surface area contributed by atoms with Crippen molar-refractivity contribution in [2.24, 2.45) is 0 Å². The van der Waals surface area contributed by atoms with Gasteiger partial charge in [-0.1, -0.05) is 42.5 Å². The molecular formula is C24H32N2O3. The molecule has 3 unspecified atom stereocenters. The van der Waals surface area contributed by atoms with Gasteiger partial charge in [-0.2, -0.15) is 0 Å². The third kappa shape index (κ3) is 6.58. The van der Waals surface area contributed by atoms with Gasteiger partial charge in [0, 0.05) is 26.2 Å². The van der Waals surface area contributed by atoms with Crippen LogP contribution in [0.25, 0.3) is 11.1 Å². The van der Waals surface area contributed by atoms with E-state index in [0.717, 1.165) is 37.2 Å². The minimum absolute atomic E-state index is 0.0825. The van der Waals surface area contributed by atoms with E-state index in [4.69, 9.17) is 9.47 Å². The molecule has 1 amide bonds. The first kappa shape index (κ1) is 21.3. The number of amides is 1. The number of benzene rings is 2. The molecule has 0 radical (unpaired) electrons. The van der Waals surface area contributed by atoms with Crippen LogP contribution in [0, 0.1) is 0 Å². The average molecular weight is 397 g/mol. The predicted molar refractivity (Wildman–Crippen MR) is 116 cm³/mol. The molecule has 1 aliphatic heterocycles. The monoisotopic (exact) mass is 396 g/mol. The summed E-state index contributed by atoms with van der Waals surface area (Å²) in [5, 5.41) is 2.98. The first-order valence-corrected chi connectivity index (χ1v) is 10.5. The molecule has 1 aliphatic rings. The maximum absolute atomic E-state index is 12.3. The minimum Gasteiger partial charge on any atom is -0.481 e. The Morgan fingerprint density at radius 1 is 1.07 bits per heavy atom. The molecule has 3 rings (SSSR count). The van der Waals surface area contributed by atoms with Gasteiger partial charge in [0.25, 0.3) is 5.91 Å². The van der Waals surface area contributed by atoms with Gasteiger partial charge in [-0.15, -0.1) is 0 Å². The second-order valence-electron chi connectivity index (χ2n) is 7.81. The third-order valence-corrected chi connectivity index (χ3v) is 5.09. The van der Waals surface area contributed by atoms with E-state index in [2.05, 4.69) is 36.2 Å². The van der Waals surface area contributed by atoms with Crippen molar-refractivity contribution in [1.29, 1.82) is 0 Å². The highest BCUT2D eigenvalue weighted by Crippen LogP contribution is 2.22. The largest absolute Gasteiger partial charge is 0.481 e. The molecule has 5 nitrogen and oxygen atoms in total. The molecule has 29 heavy (non-hydrogen) atoms. The van der Waals surface area contributed by atoms with Gasteiger partial charge >= 0.3 is 0 Å². The number of ether oxygens (including phenoxy) is 2. The zero-order chi connectivity index (χ0) is 20.6. The van der Waals surface area contributed by atoms with Crippen molar-refractivity contribution in [2.75, 3.05) is 26.2 Å². The van der Waals surface area contributed by atoms with Gasteiger partial charge in [0.15, 0.2) is 6.10 Å². The Labute approximate surface area is 174 Å². The molecule has 2 aromatic rings. The lowest BCUT2D eigenvalue weighted by Crippen LogP contribution is -2.46. The van der Waals surface area contributed by atoms with Crippen LogP contribution < -0.4 is 10.1 Å². The number of nitrogens with zero attached hydrogens (tertiary/aromatic N) is 1. The van der Waals surface area contributed by atoms with Crippen LogP contribution in [0.5, 0.6) is 5.75 Å². The molecule has 0 bridgehead atoms. The summed E-state index contributed by atoms with van der Waals surface area (Å²) in [6, 6.07) is 18.0. The van der Waals surface area contributed by atoms with Crippen LogP contribution in [0.15, 0.2) is 54.6 Å². The van der Waals surface area contributed by atoms with Crippen LogP contribution >= 0.6 is 0 Å². The first-order chi connectivity index (χ1) is 14.0. The number of nitrogens with one attached hydrogen (secondary N) is 1. The Hall–Kier alpha value is -2.37. The van der Waals surface area contributed by atoms with Crippen molar-refractivity contribution in [3.8, 4) is 16.9 Å². The molecule has 2 aromatic carbocycles. The van der Waals surface area contributed by atoms with Crippen LogP contribution in [0.1, 0.15) is 27.2 Å². The normalized spacial score (nSPS) is 20.8. The lowest BCUT2D eigenvalue weighted by atomic mass is 10.1. The molecule has 0 aliphatic carbocycles. The summed E-state index contributed by atoms with van der Waals surface area (Å²) in [5.74, 6) is 0.615. The van der Waals surface area contributed by atoms with Gasteiger partial charge in [0.05, 0.1) is 12.2 Å². The fraction of sp³-hybridized carbons (Fsp3) is 0.458. The molecule has 0 aromatic heterocycles. The van der Waals surface area contributed by atoms with Crippen molar-refractivity contribution >= 4 is 5.91 Å². The van der Waals surface area contributed by atoms with Gasteiger partial charge in [-0.3, -0.25) is 9.69 Å². The SMILES string of the molecule is CC1CN(CCCNC(=O)C(C)Oc2ccc(-c3ccccc3)cc2)CC(C)O1. The number of morpholine rings is 1. The molecule has 5 heteroatoms. The summed E-state index contributed by atoms with van der Waals surface area (Å²) in [6.07, 6.45) is 0.940. The van der Waals surface area contributed by atoms with E-state index in [9.17, 15) is 4.79 Å². The molecule has 1 fully saturated rings. The Morgan fingerprint density at radius 3 is 2.34 bits per heavy atom. The van der Waals surface area contributed by atoms with Gasteiger partial charge in [0.1, 0.15) is 5.75 Å². The van der Waals surface area contributed by atoms with Crippen molar-refractivity contribution in [2.45, 2.75) is 45.5 Å². The second-order valence-corrected chi connectivity index (χ2v) is 7.81. The van der Waals surface area contributed by atoms with E-state index in [1.807, 2.05) is 42.5 Å². The average Bonchev–Trinajstić information content (AvgIpc) is 2.71. The Balaban J connectivity index is 1.39. The van der Waals surface area contributed by atoms with E-state index < -0.39 is 6.10 Å². The molecule has 1 heterocycles. The summed E-state index contributed by atoms with van der Waals surface area (Å²) in [4.78, 5) is 14.7. The maximum Gasteiger partial charge on any atom is 0.260 e. The van der Waals surface area contributed by atoms with Crippen LogP contribution in [-0.4, -0.2) is 55.3 Å². The smallest absolute Gasteiger partial charge is 0.260 e. The van der Waals surface area contributed by atoms with Crippen molar-refractivity contribution in [3.05, 3.63) is 54.6 Å². The molecule has 1 N–H and O–H groups in total. The molecule has 0 spiro atoms. The molecule has 0 saturated carbocycles. The van der Waals surface area contributed by atoms with Gasteiger partial charge < -0.3 is 14.8 Å². The van der Waals surface area contributed by atoms with Crippen LogP contribution in [0.2, 0.25) is 0 Å². The maximum atomic E-state index is 12.3. The van der Waals surface area contributed by atoms with Crippen LogP contribution in [-0.2, 0) is 9.53 Å². The third-order valence-electron chi connectivity index (χ3n) is 5.09. The van der Waals surface area contributed by atoms with Crippen molar-refractivity contribution in [1.82, 2.24) is 10.2 Å². The number of hydrogen-bond donors (Lipinski definition) is 1. The lowest BCUT2D eigenvalue weighted by molar-refractivity contribution is -0.127. The Kier molecular flexibility index (Phi) is 7.67. The highest BCUT2D eigenvalue weighted by molar-refractivity contribution is 5.80. The lowest BCUT2D eigenvalue weighted by Gasteiger charge is -2.35. The van der Waals surface area contributed by atoms with Crippen molar-refractivity contribution in [3.63, 3.8) is 0 Å². The van der Waals surface area contributed by atoms with E-state index in [-0.39, 0.29) is 18.1 Å². The molecule has 156 valence electrons. The fourth-order valence-corrected chi connectivity index (χ4v) is 3.74. The standard InChI is InChI=1S/C24H32N2O3/c1-18-16-26(17-19(2)28-18)15-7-14-25-24(27)20(3)29-23-12-10-22(11-13-23)21-8-5-4-6-9-21/h4-6,8-13,18-20H,7,14-17H2,1-3H3,(H,25,27). The van der Waals surface area contributed by atoms with E-state index in [1.54, 1.807) is 6.92 Å². The number of carbonyl (C=O) groups excluding carboxylic acids is 1. The topological polar surface area (TPSA) is 50.8 Å². The molecule has 1 saturated heterocycles. The van der Waals surface area contributed by atoms with Gasteiger partial charge in [0.2, 0.25) is 0 Å². The Bertz CT molecular complexity index is 753. The van der Waals surface area contributed by atoms with Crippen LogP contribution in [0.3, 0.4) is 0 Å². The zero-order valence-corrected chi connectivity index (χ0v) is 17.6. The van der Waals surface area contributed by atoms with Crippen LogP contribution in [0.4, 0.5) is 0 Å². The highest BCUT2D eigenvalue weighted by atomic mass is 16.5. The number of carbonyl (C=O) groups is 1. The summed E-state index contributed by atoms with van der Waals surface area (Å²) < 4.78 is 11.6. The summed E-state index contributed by atoms with van der Waals surface area (Å²) in [7, 11) is 0. The highest BCUT2D eigenvalue weighted by Gasteiger charge is 2.21. The molecular weight excluding hydrogens is 364 g/mol. The zero-order valence-electron chi connectivity index (χ0n) is 17.6. The summed E-state index contributed by atoms with van der Waals surface area (Å²) >= 11 is 0. The van der Waals surface area contributed by atoms with Gasteiger partial charge in [-0.05, 0) is 50.5 Å². The predicted octanol–water partition coefficient (Wildman–Crippen LogP) is 3.74. The number of hydrogen-bond acceptors (Lipinski definition) is 4.